The fourth-order valence-electron chi connectivity index (χ4n) is 3.51. The number of fused-ring (bicyclic) bond motifs is 1. The van der Waals surface area contributed by atoms with E-state index in [1.54, 1.807) is 0 Å². The number of carbonyl (C=O) groups excluding carboxylic acids is 1. The molecule has 2 aliphatic rings. The van der Waals surface area contributed by atoms with E-state index in [4.69, 9.17) is 0 Å². The fourth-order valence-corrected chi connectivity index (χ4v) is 5.53. The van der Waals surface area contributed by atoms with Gasteiger partial charge in [0.15, 0.2) is 11.0 Å². The van der Waals surface area contributed by atoms with Gasteiger partial charge in [-0.3, -0.25) is 4.79 Å². The van der Waals surface area contributed by atoms with Gasteiger partial charge in [-0.25, -0.2) is 0 Å². The number of nitrogens with zero attached hydrogens (tertiary/aromatic N) is 3. The van der Waals surface area contributed by atoms with E-state index in [2.05, 4.69) is 39.3 Å². The molecule has 4 rings (SSSR count). The number of carbonyl (C=O) groups is 1. The van der Waals surface area contributed by atoms with Crippen molar-refractivity contribution in [1.29, 1.82) is 0 Å². The highest BCUT2D eigenvalue weighted by atomic mass is 32.2. The summed E-state index contributed by atoms with van der Waals surface area (Å²) >= 11 is 3.37. The van der Waals surface area contributed by atoms with Gasteiger partial charge in [-0.15, -0.1) is 21.5 Å². The monoisotopic (exact) mass is 390 g/mol. The maximum Gasteiger partial charge on any atom is 0.230 e. The molecule has 1 atom stereocenters. The third-order valence-electron chi connectivity index (χ3n) is 5.08. The highest BCUT2D eigenvalue weighted by Crippen LogP contribution is 2.38. The zero-order valence-corrected chi connectivity index (χ0v) is 17.1. The van der Waals surface area contributed by atoms with Gasteiger partial charge in [-0.05, 0) is 50.0 Å². The zero-order chi connectivity index (χ0) is 18.1. The van der Waals surface area contributed by atoms with Gasteiger partial charge in [-0.2, -0.15) is 0 Å². The molecular weight excluding hydrogens is 364 g/mol. The molecule has 1 fully saturated rings. The Morgan fingerprint density at radius 1 is 1.38 bits per heavy atom. The van der Waals surface area contributed by atoms with Crippen molar-refractivity contribution in [2.75, 3.05) is 5.75 Å². The molecule has 2 aliphatic carbocycles. The van der Waals surface area contributed by atoms with Crippen LogP contribution < -0.4 is 5.32 Å². The minimum atomic E-state index is 0.104. The maximum absolute atomic E-state index is 12.0. The highest BCUT2D eigenvalue weighted by molar-refractivity contribution is 7.99. The average molecular weight is 391 g/mol. The number of rotatable bonds is 7. The average Bonchev–Trinajstić information content (AvgIpc) is 3.20. The Kier molecular flexibility index (Phi) is 5.36. The quantitative estimate of drug-likeness (QED) is 0.728. The molecule has 1 unspecified atom stereocenters. The first-order valence-electron chi connectivity index (χ1n) is 9.60. The van der Waals surface area contributed by atoms with Crippen LogP contribution in [0.1, 0.15) is 50.0 Å². The number of thiophene rings is 1. The van der Waals surface area contributed by atoms with E-state index < -0.39 is 0 Å². The molecule has 0 bridgehead atoms. The van der Waals surface area contributed by atoms with E-state index in [0.29, 0.717) is 11.8 Å². The largest absolute Gasteiger partial charge is 0.353 e. The lowest BCUT2D eigenvalue weighted by molar-refractivity contribution is -0.118. The molecular formula is C19H26N4OS2. The van der Waals surface area contributed by atoms with Gasteiger partial charge in [0.05, 0.1) is 5.75 Å². The molecule has 5 nitrogen and oxygen atoms in total. The van der Waals surface area contributed by atoms with Gasteiger partial charge in [0.25, 0.3) is 0 Å². The van der Waals surface area contributed by atoms with Crippen LogP contribution in [0, 0.1) is 5.92 Å². The lowest BCUT2D eigenvalue weighted by Crippen LogP contribution is -2.27. The summed E-state index contributed by atoms with van der Waals surface area (Å²) in [4.78, 5) is 13.5. The minimum absolute atomic E-state index is 0.104. The summed E-state index contributed by atoms with van der Waals surface area (Å²) in [6.45, 7) is 5.39. The van der Waals surface area contributed by atoms with Gasteiger partial charge in [-0.1, -0.05) is 25.6 Å². The van der Waals surface area contributed by atoms with Crippen LogP contribution in [-0.2, 0) is 24.2 Å². The van der Waals surface area contributed by atoms with E-state index in [1.165, 1.54) is 40.6 Å². The number of hydrogen-bond acceptors (Lipinski definition) is 5. The summed E-state index contributed by atoms with van der Waals surface area (Å²) in [6.07, 6.45) is 6.84. The summed E-state index contributed by atoms with van der Waals surface area (Å²) in [7, 11) is 0. The molecule has 0 saturated heterocycles. The Morgan fingerprint density at radius 3 is 3.00 bits per heavy atom. The second-order valence-electron chi connectivity index (χ2n) is 7.49. The first-order valence-corrected chi connectivity index (χ1v) is 11.5. The summed E-state index contributed by atoms with van der Waals surface area (Å²) in [6, 6.07) is 0.409. The smallest absolute Gasteiger partial charge is 0.230 e. The number of thioether (sulfide) groups is 1. The Balaban J connectivity index is 1.55. The lowest BCUT2D eigenvalue weighted by Gasteiger charge is -2.19. The predicted molar refractivity (Wildman–Crippen MR) is 107 cm³/mol. The molecule has 0 spiro atoms. The van der Waals surface area contributed by atoms with E-state index >= 15 is 0 Å². The molecule has 2 aromatic heterocycles. The summed E-state index contributed by atoms with van der Waals surface area (Å²) in [5.74, 6) is 2.27. The van der Waals surface area contributed by atoms with Gasteiger partial charge in [0, 0.05) is 28.4 Å². The van der Waals surface area contributed by atoms with Crippen LogP contribution in [0.2, 0.25) is 0 Å². The number of aromatic nitrogens is 3. The van der Waals surface area contributed by atoms with E-state index in [1.807, 2.05) is 11.3 Å². The van der Waals surface area contributed by atoms with Crippen LogP contribution in [0.3, 0.4) is 0 Å². The van der Waals surface area contributed by atoms with E-state index in [9.17, 15) is 4.79 Å². The number of hydrogen-bond donors (Lipinski definition) is 1. The second kappa shape index (κ2) is 7.72. The van der Waals surface area contributed by atoms with Crippen molar-refractivity contribution in [3.63, 3.8) is 0 Å². The first-order chi connectivity index (χ1) is 12.7. The molecule has 1 saturated carbocycles. The number of amides is 1. The Bertz CT molecular complexity index is 794. The molecule has 0 aliphatic heterocycles. The van der Waals surface area contributed by atoms with Crippen molar-refractivity contribution in [3.05, 3.63) is 15.8 Å². The fraction of sp³-hybridized carbons (Fsp3) is 0.632. The standard InChI is InChI=1S/C19H26N4OS2/c1-3-8-23-18(15-10-25-16-9-12(2)4-7-14(15)16)21-22-19(23)26-11-17(24)20-13-5-6-13/h10,12-13H,3-9,11H2,1-2H3,(H,20,24). The van der Waals surface area contributed by atoms with Crippen LogP contribution >= 0.6 is 23.1 Å². The molecule has 2 aromatic rings. The molecule has 26 heavy (non-hydrogen) atoms. The molecule has 1 N–H and O–H groups in total. The van der Waals surface area contributed by atoms with E-state index in [0.717, 1.165) is 49.1 Å². The molecule has 0 radical (unpaired) electrons. The predicted octanol–water partition coefficient (Wildman–Crippen LogP) is 3.91. The van der Waals surface area contributed by atoms with Gasteiger partial charge in [0.2, 0.25) is 5.91 Å². The third kappa shape index (κ3) is 3.83. The van der Waals surface area contributed by atoms with Crippen LogP contribution in [0.4, 0.5) is 0 Å². The topological polar surface area (TPSA) is 59.8 Å². The van der Waals surface area contributed by atoms with Crippen LogP contribution in [0.15, 0.2) is 10.5 Å². The van der Waals surface area contributed by atoms with Crippen molar-refractivity contribution in [2.45, 2.75) is 70.1 Å². The summed E-state index contributed by atoms with van der Waals surface area (Å²) in [5.41, 5.74) is 2.73. The van der Waals surface area contributed by atoms with Crippen molar-refractivity contribution < 1.29 is 4.79 Å². The molecule has 2 heterocycles. The Labute approximate surface area is 163 Å². The Hall–Kier alpha value is -1.34. The van der Waals surface area contributed by atoms with Crippen LogP contribution in [0.5, 0.6) is 0 Å². The van der Waals surface area contributed by atoms with Crippen molar-refractivity contribution in [3.8, 4) is 11.4 Å². The van der Waals surface area contributed by atoms with Gasteiger partial charge < -0.3 is 9.88 Å². The minimum Gasteiger partial charge on any atom is -0.353 e. The SMILES string of the molecule is CCCn1c(SCC(=O)NC2CC2)nnc1-c1csc2c1CCC(C)C2. The Morgan fingerprint density at radius 2 is 2.23 bits per heavy atom. The highest BCUT2D eigenvalue weighted by Gasteiger charge is 2.26. The number of nitrogens with one attached hydrogen (secondary N) is 1. The lowest BCUT2D eigenvalue weighted by atomic mass is 9.88. The molecule has 0 aromatic carbocycles. The first kappa shape index (κ1) is 18.0. The van der Waals surface area contributed by atoms with Gasteiger partial charge >= 0.3 is 0 Å². The van der Waals surface area contributed by atoms with Crippen molar-refractivity contribution in [1.82, 2.24) is 20.1 Å². The normalized spacial score (nSPS) is 19.4. The van der Waals surface area contributed by atoms with Crippen molar-refractivity contribution in [2.24, 2.45) is 5.92 Å². The van der Waals surface area contributed by atoms with Crippen molar-refractivity contribution >= 4 is 29.0 Å². The summed E-state index contributed by atoms with van der Waals surface area (Å²) < 4.78 is 2.20. The summed E-state index contributed by atoms with van der Waals surface area (Å²) in [5, 5.41) is 15.1. The zero-order valence-electron chi connectivity index (χ0n) is 15.5. The molecule has 7 heteroatoms. The second-order valence-corrected chi connectivity index (χ2v) is 9.39. The van der Waals surface area contributed by atoms with Crippen LogP contribution in [0.25, 0.3) is 11.4 Å². The van der Waals surface area contributed by atoms with Gasteiger partial charge in [0.1, 0.15) is 0 Å². The molecule has 1 amide bonds. The van der Waals surface area contributed by atoms with E-state index in [-0.39, 0.29) is 5.91 Å². The van der Waals surface area contributed by atoms with Crippen LogP contribution in [-0.4, -0.2) is 32.5 Å². The molecule has 140 valence electrons. The third-order valence-corrected chi connectivity index (χ3v) is 7.10. The maximum atomic E-state index is 12.0.